The van der Waals surface area contributed by atoms with E-state index in [0.717, 1.165) is 56.9 Å². The van der Waals surface area contributed by atoms with E-state index in [1.807, 2.05) is 232 Å². The van der Waals surface area contributed by atoms with Gasteiger partial charge in [-0.2, -0.15) is 0 Å². The van der Waals surface area contributed by atoms with Crippen LogP contribution in [-0.2, 0) is 70.4 Å². The first-order valence-electron chi connectivity index (χ1n) is 48.6. The molecule has 0 radical (unpaired) electrons. The highest BCUT2D eigenvalue weighted by Crippen LogP contribution is 2.31. The van der Waals surface area contributed by atoms with Gasteiger partial charge in [0.2, 0.25) is 70.9 Å². The number of fused-ring (bicyclic) bond motifs is 2. The molecular formula is C108H141N19O12. The van der Waals surface area contributed by atoms with Crippen LogP contribution in [0.4, 0.5) is 0 Å². The number of primary amides is 1. The maximum Gasteiger partial charge on any atom is 0.243 e. The summed E-state index contributed by atoms with van der Waals surface area (Å²) in [4.78, 5) is 206. The fourth-order valence-corrected chi connectivity index (χ4v) is 17.5. The Hall–Kier alpha value is -13.7. The highest BCUT2D eigenvalue weighted by Gasteiger charge is 2.39. The van der Waals surface area contributed by atoms with Gasteiger partial charge in [-0.15, -0.1) is 0 Å². The second-order valence-electron chi connectivity index (χ2n) is 35.6. The number of unbranched alkanes of at least 4 members (excludes halogenated alkanes) is 4. The maximum absolute atomic E-state index is 16.1. The number of H-pyrrole nitrogens is 2. The number of hydrogen-bond donors (Lipinski definition) is 8. The van der Waals surface area contributed by atoms with Gasteiger partial charge >= 0.3 is 0 Å². The summed E-state index contributed by atoms with van der Waals surface area (Å²) in [5.74, 6) is -7.27. The molecule has 0 saturated carbocycles. The molecule has 2 aromatic heterocycles. The summed E-state index contributed by atoms with van der Waals surface area (Å²) in [7, 11) is 0. The van der Waals surface area contributed by atoms with Crippen molar-refractivity contribution in [3.8, 4) is 0 Å². The summed E-state index contributed by atoms with van der Waals surface area (Å²) in [6, 6.07) is 65.9. The van der Waals surface area contributed by atoms with Crippen LogP contribution in [0.2, 0.25) is 0 Å². The van der Waals surface area contributed by atoms with Crippen molar-refractivity contribution in [1.29, 1.82) is 0 Å². The fraction of sp³-hybridized carbons (Fsp3) is 0.407. The van der Waals surface area contributed by atoms with Crippen molar-refractivity contribution in [2.24, 2.45) is 28.7 Å². The second kappa shape index (κ2) is 55.6. The first-order valence-corrected chi connectivity index (χ1v) is 48.6. The third kappa shape index (κ3) is 31.7. The molecule has 13 N–H and O–H groups in total. The molecule has 0 unspecified atom stereocenters. The normalized spacial score (nSPS) is 12.5. The quantitative estimate of drug-likeness (QED) is 0.0164. The summed E-state index contributed by atoms with van der Waals surface area (Å²) < 4.78 is 0. The summed E-state index contributed by atoms with van der Waals surface area (Å²) in [5.41, 5.74) is 37.5. The van der Waals surface area contributed by atoms with E-state index in [1.54, 1.807) is 52.0 Å². The SMILES string of the molecule is C[C@@H](c1ccccc1)N(CC(N)=O)C(=O)CN(C(=O)CN(CCCCN)C(=O)CN(CCc1c[nH]c2ccccc12)C(=O)CN(CCc1c[nH]c2ccccc12)C(=O)CN(CCCCN)C(=O)CN(C(=O)CN(C(=O)CN(CCCCN)C(=O)CN(C(=O)CN(C(=O)CNCCCCN)[C@@H](C)c1ccccc1)[C@@H](C)c1ccccc1)[C@@H](C)c1ccccc1)[C@@H](C)c1ccccc1)[C@@H](C)c1ccccc1. The van der Waals surface area contributed by atoms with Crippen LogP contribution in [0.5, 0.6) is 0 Å². The Bertz CT molecular complexity index is 5580. The fourth-order valence-electron chi connectivity index (χ4n) is 17.5. The molecule has 740 valence electrons. The van der Waals surface area contributed by atoms with Gasteiger partial charge < -0.3 is 97.9 Å². The number of aromatic amines is 2. The average Bonchev–Trinajstić information content (AvgIpc) is 1.81. The number of nitrogens with two attached hydrogens (primary N) is 5. The molecule has 31 nitrogen and oxygen atoms in total. The molecule has 0 saturated heterocycles. The van der Waals surface area contributed by atoms with Crippen LogP contribution < -0.4 is 34.0 Å². The van der Waals surface area contributed by atoms with E-state index < -0.39 is 173 Å². The number of nitrogens with one attached hydrogen (secondary N) is 3. The number of carbonyl (C=O) groups is 12. The van der Waals surface area contributed by atoms with Gasteiger partial charge in [-0.1, -0.05) is 218 Å². The number of aromatic nitrogens is 2. The Morgan fingerprint density at radius 1 is 0.259 bits per heavy atom. The summed E-state index contributed by atoms with van der Waals surface area (Å²) in [6.45, 7) is 6.33. The van der Waals surface area contributed by atoms with Gasteiger partial charge in [-0.25, -0.2) is 0 Å². The van der Waals surface area contributed by atoms with Crippen LogP contribution in [0.15, 0.2) is 243 Å². The van der Waals surface area contributed by atoms with Crippen LogP contribution >= 0.6 is 0 Å². The number of carbonyl (C=O) groups excluding carboxylic acids is 12. The number of para-hydroxylation sites is 2. The second-order valence-corrected chi connectivity index (χ2v) is 35.6. The van der Waals surface area contributed by atoms with E-state index in [2.05, 4.69) is 15.3 Å². The van der Waals surface area contributed by atoms with Crippen molar-refractivity contribution in [2.45, 2.75) is 142 Å². The predicted molar refractivity (Wildman–Crippen MR) is 542 cm³/mol. The molecule has 8 aromatic carbocycles. The summed E-state index contributed by atoms with van der Waals surface area (Å²) in [5, 5.41) is 4.97. The standard InChI is InChI=1S/C108H141N19O12/c1-79(85-37-13-7-14-38-85)122(68-97(113)128)106(137)77-126(83(5)89-45-21-11-22-46-89)104(135)72-118(61-35-31-57-111)99(130)70-120(63-53-91-65-115-95-51-27-25-49-93(91)95)101(132)71-121(64-54-92-66-116-96-52-28-26-50-94(92)96)100(131)69-117(60-34-30-56-110)102(133)74-125(82(4)88-43-19-10-20-44-88)108(139)78-127(84(6)90-47-23-12-24-48-90)105(136)73-119(62-36-32-58-112)103(134)75-124(81(3)87-41-17-9-18-42-87)107(138)76-123(80(2)86-39-15-8-16-40-86)98(129)67-114-59-33-29-55-109/h7-28,37-52,65-66,79-84,114-116H,29-36,53-64,67-78,109-112H2,1-6H3,(H2,113,128)/t79-,80-,81-,82-,83-,84-/m0/s1. The van der Waals surface area contributed by atoms with Crippen LogP contribution in [0.25, 0.3) is 21.8 Å². The first kappa shape index (κ1) is 107. The van der Waals surface area contributed by atoms with Gasteiger partial charge in [-0.3, -0.25) is 57.5 Å². The lowest BCUT2D eigenvalue weighted by Gasteiger charge is -2.37. The van der Waals surface area contributed by atoms with Crippen LogP contribution in [0, 0.1) is 0 Å². The van der Waals surface area contributed by atoms with Crippen molar-refractivity contribution in [1.82, 2.24) is 69.2 Å². The van der Waals surface area contributed by atoms with Crippen LogP contribution in [-0.4, -0.2) is 279 Å². The number of benzene rings is 8. The largest absolute Gasteiger partial charge is 0.368 e. The highest BCUT2D eigenvalue weighted by atomic mass is 16.2. The number of hydrogen-bond acceptors (Lipinski definition) is 17. The summed E-state index contributed by atoms with van der Waals surface area (Å²) >= 11 is 0. The Morgan fingerprint density at radius 3 is 0.763 bits per heavy atom. The molecule has 0 aliphatic heterocycles. The Kier molecular flexibility index (Phi) is 42.9. The minimum atomic E-state index is -0.856. The van der Waals surface area contributed by atoms with Gasteiger partial charge in [0, 0.05) is 66.9 Å². The van der Waals surface area contributed by atoms with E-state index in [1.165, 1.54) is 53.9 Å². The smallest absolute Gasteiger partial charge is 0.243 e. The van der Waals surface area contributed by atoms with Crippen molar-refractivity contribution in [3.05, 3.63) is 287 Å². The van der Waals surface area contributed by atoms with Gasteiger partial charge in [0.15, 0.2) is 0 Å². The third-order valence-corrected chi connectivity index (χ3v) is 26.0. The lowest BCUT2D eigenvalue weighted by molar-refractivity contribution is -0.151. The summed E-state index contributed by atoms with van der Waals surface area (Å²) in [6.07, 6.45) is 7.99. The minimum absolute atomic E-state index is 0.0156. The molecule has 139 heavy (non-hydrogen) atoms. The zero-order valence-electron chi connectivity index (χ0n) is 81.4. The Morgan fingerprint density at radius 2 is 0.482 bits per heavy atom. The molecule has 6 atom stereocenters. The molecule has 0 aliphatic carbocycles. The molecule has 10 rings (SSSR count). The van der Waals surface area contributed by atoms with Crippen molar-refractivity contribution in [3.63, 3.8) is 0 Å². The molecule has 2 heterocycles. The van der Waals surface area contributed by atoms with Gasteiger partial charge in [0.05, 0.1) is 82.1 Å². The van der Waals surface area contributed by atoms with E-state index in [-0.39, 0.29) is 77.7 Å². The zero-order chi connectivity index (χ0) is 99.7. The van der Waals surface area contributed by atoms with Gasteiger partial charge in [0.1, 0.15) is 32.7 Å². The van der Waals surface area contributed by atoms with Crippen molar-refractivity contribution < 1.29 is 57.5 Å². The Balaban J connectivity index is 0.961. The van der Waals surface area contributed by atoms with E-state index in [0.29, 0.717) is 73.9 Å². The molecule has 0 fully saturated rings. The molecular weight excluding hydrogens is 1760 g/mol. The molecule has 10 aromatic rings. The molecule has 31 heteroatoms. The lowest BCUT2D eigenvalue weighted by atomic mass is 10.0. The monoisotopic (exact) mass is 1900 g/mol. The third-order valence-electron chi connectivity index (χ3n) is 26.0. The van der Waals surface area contributed by atoms with Crippen LogP contribution in [0.3, 0.4) is 0 Å². The van der Waals surface area contributed by atoms with Gasteiger partial charge in [-0.05, 0) is 195 Å². The molecule has 12 amide bonds. The van der Waals surface area contributed by atoms with Crippen molar-refractivity contribution >= 4 is 92.7 Å². The van der Waals surface area contributed by atoms with E-state index >= 15 is 43.2 Å². The first-order chi connectivity index (χ1) is 67.2. The number of nitrogens with zero attached hydrogens (tertiary/aromatic N) is 11. The maximum atomic E-state index is 16.1. The number of amides is 12. The number of rotatable bonds is 58. The average molecular weight is 1900 g/mol. The highest BCUT2D eigenvalue weighted by molar-refractivity contribution is 5.96. The zero-order valence-corrected chi connectivity index (χ0v) is 81.4. The minimum Gasteiger partial charge on any atom is -0.368 e. The molecule has 0 bridgehead atoms. The van der Waals surface area contributed by atoms with E-state index in [9.17, 15) is 14.4 Å². The molecule has 0 aliphatic rings. The predicted octanol–water partition coefficient (Wildman–Crippen LogP) is 10.1. The van der Waals surface area contributed by atoms with E-state index in [4.69, 9.17) is 28.7 Å². The topological polar surface area (TPSA) is 414 Å². The van der Waals surface area contributed by atoms with Gasteiger partial charge in [0.25, 0.3) is 0 Å². The Labute approximate surface area is 817 Å². The lowest BCUT2D eigenvalue weighted by Crippen LogP contribution is -2.53. The molecule has 0 spiro atoms. The van der Waals surface area contributed by atoms with Crippen LogP contribution in [0.1, 0.15) is 174 Å². The van der Waals surface area contributed by atoms with Crippen molar-refractivity contribution in [2.75, 3.05) is 144 Å².